The van der Waals surface area contributed by atoms with Crippen LogP contribution in [-0.2, 0) is 6.54 Å². The van der Waals surface area contributed by atoms with Gasteiger partial charge in [-0.05, 0) is 44.2 Å². The van der Waals surface area contributed by atoms with Gasteiger partial charge in [-0.1, -0.05) is 24.3 Å². The first-order valence-corrected chi connectivity index (χ1v) is 7.29. The lowest BCUT2D eigenvalue weighted by atomic mass is 10.1. The van der Waals surface area contributed by atoms with Crippen molar-refractivity contribution < 1.29 is 0 Å². The standard InChI is InChI=1S/C17H21N3/c1-3-20-16-7-5-4-6-15(16)18-17(20)9-8-14-10-12-19(2)13-11-14/h4-10H,3,11-13H2,1-2H3/b9-8+. The highest BCUT2D eigenvalue weighted by Crippen LogP contribution is 2.18. The zero-order valence-electron chi connectivity index (χ0n) is 12.2. The first-order chi connectivity index (χ1) is 9.78. The smallest absolute Gasteiger partial charge is 0.133 e. The van der Waals surface area contributed by atoms with Crippen LogP contribution in [0.15, 0.2) is 42.0 Å². The molecule has 0 N–H and O–H groups in total. The van der Waals surface area contributed by atoms with Gasteiger partial charge in [-0.2, -0.15) is 0 Å². The van der Waals surface area contributed by atoms with Crippen molar-refractivity contribution in [3.63, 3.8) is 0 Å². The molecule has 0 fully saturated rings. The van der Waals surface area contributed by atoms with Crippen LogP contribution in [-0.4, -0.2) is 34.6 Å². The van der Waals surface area contributed by atoms with Crippen LogP contribution in [0.5, 0.6) is 0 Å². The molecule has 0 saturated heterocycles. The van der Waals surface area contributed by atoms with Gasteiger partial charge in [-0.25, -0.2) is 4.98 Å². The number of allylic oxidation sites excluding steroid dienone is 1. The fourth-order valence-electron chi connectivity index (χ4n) is 2.67. The summed E-state index contributed by atoms with van der Waals surface area (Å²) in [4.78, 5) is 7.05. The molecule has 2 aromatic rings. The molecular formula is C17H21N3. The molecule has 104 valence electrons. The molecule has 1 aromatic heterocycles. The summed E-state index contributed by atoms with van der Waals surface area (Å²) in [6.45, 7) is 5.30. The summed E-state index contributed by atoms with van der Waals surface area (Å²) >= 11 is 0. The van der Waals surface area contributed by atoms with Crippen LogP contribution in [0.1, 0.15) is 19.2 Å². The lowest BCUT2D eigenvalue weighted by Gasteiger charge is -2.20. The number of fused-ring (bicyclic) bond motifs is 1. The molecule has 20 heavy (non-hydrogen) atoms. The molecule has 2 heterocycles. The second-order valence-corrected chi connectivity index (χ2v) is 5.33. The minimum Gasteiger partial charge on any atom is -0.325 e. The lowest BCUT2D eigenvalue weighted by molar-refractivity contribution is 0.361. The average molecular weight is 267 g/mol. The molecule has 0 aliphatic carbocycles. The van der Waals surface area contributed by atoms with Gasteiger partial charge in [0.05, 0.1) is 11.0 Å². The monoisotopic (exact) mass is 267 g/mol. The fraction of sp³-hybridized carbons (Fsp3) is 0.353. The van der Waals surface area contributed by atoms with E-state index in [4.69, 9.17) is 4.98 Å². The maximum absolute atomic E-state index is 4.72. The zero-order valence-corrected chi connectivity index (χ0v) is 12.2. The highest BCUT2D eigenvalue weighted by Gasteiger charge is 2.08. The molecule has 0 saturated carbocycles. The summed E-state index contributed by atoms with van der Waals surface area (Å²) in [5.41, 5.74) is 3.70. The number of aromatic nitrogens is 2. The van der Waals surface area contributed by atoms with Crippen LogP contribution in [0.25, 0.3) is 17.1 Å². The number of aryl methyl sites for hydroxylation is 1. The number of nitrogens with zero attached hydrogens (tertiary/aromatic N) is 3. The maximum Gasteiger partial charge on any atom is 0.133 e. The van der Waals surface area contributed by atoms with E-state index in [9.17, 15) is 0 Å². The van der Waals surface area contributed by atoms with Crippen molar-refractivity contribution in [3.8, 4) is 0 Å². The van der Waals surface area contributed by atoms with E-state index in [1.165, 1.54) is 11.1 Å². The SMILES string of the molecule is CCn1c(/C=C/C2=CCN(C)CC2)nc2ccccc21. The third-order valence-corrected chi connectivity index (χ3v) is 3.89. The minimum atomic E-state index is 0.946. The number of imidazole rings is 1. The highest BCUT2D eigenvalue weighted by molar-refractivity contribution is 5.77. The average Bonchev–Trinajstić information content (AvgIpc) is 2.84. The third kappa shape index (κ3) is 2.54. The molecule has 1 aromatic carbocycles. The van der Waals surface area contributed by atoms with Crippen LogP contribution in [0.3, 0.4) is 0 Å². The molecule has 1 aliphatic heterocycles. The quantitative estimate of drug-likeness (QED) is 0.850. The Labute approximate surface area is 120 Å². The molecule has 0 bridgehead atoms. The van der Waals surface area contributed by atoms with E-state index in [2.05, 4.69) is 59.9 Å². The number of hydrogen-bond acceptors (Lipinski definition) is 2. The minimum absolute atomic E-state index is 0.946. The Bertz CT molecular complexity index is 664. The predicted octanol–water partition coefficient (Wildman–Crippen LogP) is 3.33. The molecule has 0 atom stereocenters. The largest absolute Gasteiger partial charge is 0.325 e. The Kier molecular flexibility index (Phi) is 3.70. The van der Waals surface area contributed by atoms with E-state index in [-0.39, 0.29) is 0 Å². The van der Waals surface area contributed by atoms with Crippen LogP contribution in [0, 0.1) is 0 Å². The second-order valence-electron chi connectivity index (χ2n) is 5.33. The fourth-order valence-corrected chi connectivity index (χ4v) is 2.67. The Morgan fingerprint density at radius 1 is 1.25 bits per heavy atom. The van der Waals surface area contributed by atoms with Crippen molar-refractivity contribution in [2.24, 2.45) is 0 Å². The Morgan fingerprint density at radius 2 is 2.10 bits per heavy atom. The number of benzene rings is 1. The van der Waals surface area contributed by atoms with Crippen LogP contribution in [0.2, 0.25) is 0 Å². The number of hydrogen-bond donors (Lipinski definition) is 0. The Hall–Kier alpha value is -1.87. The van der Waals surface area contributed by atoms with Gasteiger partial charge < -0.3 is 9.47 Å². The molecule has 0 radical (unpaired) electrons. The molecule has 0 unspecified atom stereocenters. The van der Waals surface area contributed by atoms with E-state index >= 15 is 0 Å². The summed E-state index contributed by atoms with van der Waals surface area (Å²) in [6, 6.07) is 8.33. The van der Waals surface area contributed by atoms with Crippen molar-refractivity contribution >= 4 is 17.1 Å². The number of para-hydroxylation sites is 2. The summed E-state index contributed by atoms with van der Waals surface area (Å²) in [6.07, 6.45) is 7.80. The van der Waals surface area contributed by atoms with Crippen molar-refractivity contribution in [1.29, 1.82) is 0 Å². The molecule has 0 spiro atoms. The summed E-state index contributed by atoms with van der Waals surface area (Å²) < 4.78 is 2.27. The molecule has 1 aliphatic rings. The van der Waals surface area contributed by atoms with Gasteiger partial charge in [0.2, 0.25) is 0 Å². The van der Waals surface area contributed by atoms with Gasteiger partial charge in [0, 0.05) is 19.6 Å². The van der Waals surface area contributed by atoms with Gasteiger partial charge in [-0.15, -0.1) is 0 Å². The normalized spacial score (nSPS) is 17.0. The van der Waals surface area contributed by atoms with Gasteiger partial charge >= 0.3 is 0 Å². The van der Waals surface area contributed by atoms with Gasteiger partial charge in [0.25, 0.3) is 0 Å². The Balaban J connectivity index is 1.90. The van der Waals surface area contributed by atoms with Crippen LogP contribution >= 0.6 is 0 Å². The van der Waals surface area contributed by atoms with Crippen molar-refractivity contribution in [1.82, 2.24) is 14.5 Å². The van der Waals surface area contributed by atoms with Crippen molar-refractivity contribution in [2.45, 2.75) is 19.9 Å². The van der Waals surface area contributed by atoms with E-state index < -0.39 is 0 Å². The Morgan fingerprint density at radius 3 is 2.85 bits per heavy atom. The number of likely N-dealkylation sites (N-methyl/N-ethyl adjacent to an activating group) is 1. The van der Waals surface area contributed by atoms with E-state index in [1.807, 2.05) is 6.07 Å². The zero-order chi connectivity index (χ0) is 13.9. The van der Waals surface area contributed by atoms with E-state index in [0.717, 1.165) is 37.4 Å². The first kappa shape index (κ1) is 13.1. The summed E-state index contributed by atoms with van der Waals surface area (Å²) in [5.74, 6) is 1.05. The molecule has 3 rings (SSSR count). The predicted molar refractivity (Wildman–Crippen MR) is 84.6 cm³/mol. The summed E-state index contributed by atoms with van der Waals surface area (Å²) in [7, 11) is 2.16. The molecular weight excluding hydrogens is 246 g/mol. The summed E-state index contributed by atoms with van der Waals surface area (Å²) in [5, 5.41) is 0. The van der Waals surface area contributed by atoms with Crippen LogP contribution in [0.4, 0.5) is 0 Å². The topological polar surface area (TPSA) is 21.1 Å². The van der Waals surface area contributed by atoms with E-state index in [1.54, 1.807) is 0 Å². The first-order valence-electron chi connectivity index (χ1n) is 7.29. The third-order valence-electron chi connectivity index (χ3n) is 3.89. The van der Waals surface area contributed by atoms with Crippen LogP contribution < -0.4 is 0 Å². The maximum atomic E-state index is 4.72. The molecule has 0 amide bonds. The van der Waals surface area contributed by atoms with Crippen molar-refractivity contribution in [3.05, 3.63) is 47.8 Å². The van der Waals surface area contributed by atoms with Gasteiger partial charge in [0.1, 0.15) is 5.82 Å². The number of rotatable bonds is 3. The van der Waals surface area contributed by atoms with Gasteiger partial charge in [-0.3, -0.25) is 0 Å². The molecule has 3 heteroatoms. The highest BCUT2D eigenvalue weighted by atomic mass is 15.1. The lowest BCUT2D eigenvalue weighted by Crippen LogP contribution is -2.23. The second kappa shape index (κ2) is 5.63. The van der Waals surface area contributed by atoms with Crippen molar-refractivity contribution in [2.75, 3.05) is 20.1 Å². The molecule has 3 nitrogen and oxygen atoms in total. The van der Waals surface area contributed by atoms with Gasteiger partial charge in [0.15, 0.2) is 0 Å². The van der Waals surface area contributed by atoms with E-state index in [0.29, 0.717) is 0 Å².